The number of carboxylic acids is 1. The Balaban J connectivity index is 2.67. The van der Waals surface area contributed by atoms with Gasteiger partial charge in [-0.2, -0.15) is 0 Å². The number of rotatable bonds is 5. The highest BCUT2D eigenvalue weighted by molar-refractivity contribution is 5.83. The van der Waals surface area contributed by atoms with Gasteiger partial charge in [-0.3, -0.25) is 4.79 Å². The van der Waals surface area contributed by atoms with Crippen LogP contribution in [0, 0.1) is 0 Å². The van der Waals surface area contributed by atoms with Crippen molar-refractivity contribution in [3.8, 4) is 5.75 Å². The predicted octanol–water partition coefficient (Wildman–Crippen LogP) is 1.80. The molecule has 0 unspecified atom stereocenters. The molecule has 0 aliphatic rings. The molecular formula is C12H12O4. The molecule has 16 heavy (non-hydrogen) atoms. The average Bonchev–Trinajstić information content (AvgIpc) is 2.26. The Labute approximate surface area is 93.2 Å². The molecule has 0 spiro atoms. The molecule has 0 heterocycles. The topological polar surface area (TPSA) is 63.6 Å². The van der Waals surface area contributed by atoms with Crippen LogP contribution in [-0.2, 0) is 16.0 Å². The summed E-state index contributed by atoms with van der Waals surface area (Å²) >= 11 is 0. The van der Waals surface area contributed by atoms with Gasteiger partial charge in [0.1, 0.15) is 5.75 Å². The molecule has 1 aromatic rings. The Kier molecular flexibility index (Phi) is 4.27. The number of hydrogen-bond donors (Lipinski definition) is 1. The first-order valence-corrected chi connectivity index (χ1v) is 4.77. The highest BCUT2D eigenvalue weighted by Gasteiger charge is 2.03. The van der Waals surface area contributed by atoms with Crippen LogP contribution >= 0.6 is 0 Å². The smallest absolute Gasteiger partial charge is 0.335 e. The van der Waals surface area contributed by atoms with E-state index in [1.54, 1.807) is 24.3 Å². The quantitative estimate of drug-likeness (QED) is 0.467. The summed E-state index contributed by atoms with van der Waals surface area (Å²) < 4.78 is 4.91. The number of aryl methyl sites for hydroxylation is 1. The second kappa shape index (κ2) is 5.70. The summed E-state index contributed by atoms with van der Waals surface area (Å²) in [6.07, 6.45) is 1.54. The second-order valence-corrected chi connectivity index (χ2v) is 3.17. The van der Waals surface area contributed by atoms with Gasteiger partial charge in [0.25, 0.3) is 0 Å². The summed E-state index contributed by atoms with van der Waals surface area (Å²) in [6, 6.07) is 6.77. The zero-order chi connectivity index (χ0) is 12.0. The van der Waals surface area contributed by atoms with Gasteiger partial charge in [-0.1, -0.05) is 18.7 Å². The number of ether oxygens (including phenoxy) is 1. The number of esters is 1. The monoisotopic (exact) mass is 220 g/mol. The van der Waals surface area contributed by atoms with Crippen molar-refractivity contribution in [3.05, 3.63) is 42.5 Å². The Morgan fingerprint density at radius 2 is 2.19 bits per heavy atom. The van der Waals surface area contributed by atoms with Crippen LogP contribution in [-0.4, -0.2) is 17.0 Å². The van der Waals surface area contributed by atoms with E-state index in [0.717, 1.165) is 11.6 Å². The van der Waals surface area contributed by atoms with E-state index in [9.17, 15) is 9.59 Å². The molecule has 4 nitrogen and oxygen atoms in total. The predicted molar refractivity (Wildman–Crippen MR) is 58.2 cm³/mol. The molecule has 0 bridgehead atoms. The molecule has 1 N–H and O–H groups in total. The summed E-state index contributed by atoms with van der Waals surface area (Å²) in [7, 11) is 0. The van der Waals surface area contributed by atoms with E-state index in [1.807, 2.05) is 0 Å². The number of carbonyl (C=O) groups excluding carboxylic acids is 1. The van der Waals surface area contributed by atoms with Crippen molar-refractivity contribution >= 4 is 11.9 Å². The lowest BCUT2D eigenvalue weighted by molar-refractivity contribution is -0.137. The van der Waals surface area contributed by atoms with E-state index in [0.29, 0.717) is 12.2 Å². The van der Waals surface area contributed by atoms with Crippen LogP contribution in [0.3, 0.4) is 0 Å². The van der Waals surface area contributed by atoms with Gasteiger partial charge in [0, 0.05) is 12.5 Å². The highest BCUT2D eigenvalue weighted by Crippen LogP contribution is 2.14. The summed E-state index contributed by atoms with van der Waals surface area (Å²) in [5.41, 5.74) is 0.816. The van der Waals surface area contributed by atoms with Gasteiger partial charge in [-0.05, 0) is 24.1 Å². The molecule has 1 rings (SSSR count). The van der Waals surface area contributed by atoms with E-state index < -0.39 is 11.9 Å². The molecular weight excluding hydrogens is 208 g/mol. The van der Waals surface area contributed by atoms with Gasteiger partial charge in [0.05, 0.1) is 0 Å². The molecule has 4 heteroatoms. The lowest BCUT2D eigenvalue weighted by Gasteiger charge is -2.03. The maximum Gasteiger partial charge on any atom is 0.335 e. The SMILES string of the molecule is C=CC(=O)Oc1cccc(CCC(=O)O)c1. The summed E-state index contributed by atoms with van der Waals surface area (Å²) in [6.45, 7) is 3.29. The second-order valence-electron chi connectivity index (χ2n) is 3.17. The Bertz CT molecular complexity index is 409. The minimum atomic E-state index is -0.853. The average molecular weight is 220 g/mol. The molecule has 0 radical (unpaired) electrons. The van der Waals surface area contributed by atoms with Crippen molar-refractivity contribution in [2.24, 2.45) is 0 Å². The molecule has 0 aliphatic carbocycles. The van der Waals surface area contributed by atoms with Gasteiger partial charge < -0.3 is 9.84 Å². The van der Waals surface area contributed by atoms with Gasteiger partial charge in [0.2, 0.25) is 0 Å². The normalized spacial score (nSPS) is 9.50. The lowest BCUT2D eigenvalue weighted by Crippen LogP contribution is -2.03. The molecule has 1 aromatic carbocycles. The first-order chi connectivity index (χ1) is 7.61. The fraction of sp³-hybridized carbons (Fsp3) is 0.167. The van der Waals surface area contributed by atoms with Crippen molar-refractivity contribution in [2.45, 2.75) is 12.8 Å². The van der Waals surface area contributed by atoms with Gasteiger partial charge in [0.15, 0.2) is 0 Å². The molecule has 0 saturated heterocycles. The van der Waals surface area contributed by atoms with Crippen molar-refractivity contribution in [2.75, 3.05) is 0 Å². The summed E-state index contributed by atoms with van der Waals surface area (Å²) in [5.74, 6) is -0.989. The number of benzene rings is 1. The molecule has 0 aromatic heterocycles. The molecule has 0 aliphatic heterocycles. The van der Waals surface area contributed by atoms with E-state index in [-0.39, 0.29) is 6.42 Å². The van der Waals surface area contributed by atoms with E-state index in [1.165, 1.54) is 0 Å². The Morgan fingerprint density at radius 3 is 2.81 bits per heavy atom. The first kappa shape index (κ1) is 12.0. The van der Waals surface area contributed by atoms with Crippen LogP contribution in [0.2, 0.25) is 0 Å². The van der Waals surface area contributed by atoms with Gasteiger partial charge >= 0.3 is 11.9 Å². The van der Waals surface area contributed by atoms with Crippen LogP contribution in [0.4, 0.5) is 0 Å². The summed E-state index contributed by atoms with van der Waals surface area (Å²) in [5, 5.41) is 8.53. The molecule has 0 saturated carbocycles. The van der Waals surface area contributed by atoms with Crippen LogP contribution in [0.1, 0.15) is 12.0 Å². The van der Waals surface area contributed by atoms with E-state index in [4.69, 9.17) is 9.84 Å². The van der Waals surface area contributed by atoms with E-state index in [2.05, 4.69) is 6.58 Å². The molecule has 84 valence electrons. The van der Waals surface area contributed by atoms with Crippen LogP contribution in [0.15, 0.2) is 36.9 Å². The van der Waals surface area contributed by atoms with Crippen molar-refractivity contribution in [1.82, 2.24) is 0 Å². The first-order valence-electron chi connectivity index (χ1n) is 4.77. The van der Waals surface area contributed by atoms with Crippen molar-refractivity contribution in [3.63, 3.8) is 0 Å². The fourth-order valence-electron chi connectivity index (χ4n) is 1.17. The standard InChI is InChI=1S/C12H12O4/c1-2-12(15)16-10-5-3-4-9(8-10)6-7-11(13)14/h2-5,8H,1,6-7H2,(H,13,14). The number of aliphatic carboxylic acids is 1. The minimum absolute atomic E-state index is 0.0544. The Hall–Kier alpha value is -2.10. The zero-order valence-corrected chi connectivity index (χ0v) is 8.68. The maximum absolute atomic E-state index is 10.9. The Morgan fingerprint density at radius 1 is 1.44 bits per heavy atom. The lowest BCUT2D eigenvalue weighted by atomic mass is 10.1. The van der Waals surface area contributed by atoms with Crippen LogP contribution < -0.4 is 4.74 Å². The van der Waals surface area contributed by atoms with Crippen molar-refractivity contribution < 1.29 is 19.4 Å². The third-order valence-electron chi connectivity index (χ3n) is 1.91. The number of hydrogen-bond acceptors (Lipinski definition) is 3. The zero-order valence-electron chi connectivity index (χ0n) is 8.68. The number of carbonyl (C=O) groups is 2. The van der Waals surface area contributed by atoms with E-state index >= 15 is 0 Å². The van der Waals surface area contributed by atoms with Crippen molar-refractivity contribution in [1.29, 1.82) is 0 Å². The third kappa shape index (κ3) is 3.96. The molecule has 0 atom stereocenters. The van der Waals surface area contributed by atoms with Gasteiger partial charge in [-0.15, -0.1) is 0 Å². The van der Waals surface area contributed by atoms with Gasteiger partial charge in [-0.25, -0.2) is 4.79 Å². The summed E-state index contributed by atoms with van der Waals surface area (Å²) in [4.78, 5) is 21.3. The largest absolute Gasteiger partial charge is 0.481 e. The number of carboxylic acid groups (broad SMARTS) is 1. The highest BCUT2D eigenvalue weighted by atomic mass is 16.5. The minimum Gasteiger partial charge on any atom is -0.481 e. The maximum atomic E-state index is 10.9. The van der Waals surface area contributed by atoms with Crippen LogP contribution in [0.5, 0.6) is 5.75 Å². The molecule has 0 amide bonds. The third-order valence-corrected chi connectivity index (χ3v) is 1.91. The fourth-order valence-corrected chi connectivity index (χ4v) is 1.17. The van der Waals surface area contributed by atoms with Crippen LogP contribution in [0.25, 0.3) is 0 Å². The molecule has 0 fully saturated rings.